The molecule has 0 amide bonds. The fourth-order valence-corrected chi connectivity index (χ4v) is 2.18. The number of hydrogen-bond acceptors (Lipinski definition) is 1. The summed E-state index contributed by atoms with van der Waals surface area (Å²) < 4.78 is 5.80. The van der Waals surface area contributed by atoms with E-state index in [1.807, 2.05) is 6.08 Å². The standard InChI is InChI=1S/C18H22O/c1-3-5-6-7-12-19-18-11-10-16-13-15(4-2)8-9-17(16)14-18/h4,8-11,13-14H,2-3,5-7,12H2,1H3. The molecular weight excluding hydrogens is 232 g/mol. The van der Waals surface area contributed by atoms with Gasteiger partial charge in [-0.25, -0.2) is 0 Å². The Kier molecular flexibility index (Phi) is 5.02. The summed E-state index contributed by atoms with van der Waals surface area (Å²) in [5.41, 5.74) is 1.15. The third-order valence-electron chi connectivity index (χ3n) is 3.34. The van der Waals surface area contributed by atoms with Gasteiger partial charge in [0.05, 0.1) is 6.61 Å². The number of unbranched alkanes of at least 4 members (excludes halogenated alkanes) is 3. The van der Waals surface area contributed by atoms with Crippen LogP contribution in [0.25, 0.3) is 16.8 Å². The minimum atomic E-state index is 0.816. The Labute approximate surface area is 115 Å². The van der Waals surface area contributed by atoms with E-state index >= 15 is 0 Å². The second-order valence-corrected chi connectivity index (χ2v) is 4.88. The topological polar surface area (TPSA) is 9.23 Å². The van der Waals surface area contributed by atoms with Gasteiger partial charge >= 0.3 is 0 Å². The average molecular weight is 254 g/mol. The van der Waals surface area contributed by atoms with Crippen LogP contribution in [0.5, 0.6) is 5.75 Å². The molecule has 0 aliphatic heterocycles. The molecule has 2 rings (SSSR count). The Morgan fingerprint density at radius 2 is 1.79 bits per heavy atom. The summed E-state index contributed by atoms with van der Waals surface area (Å²) in [6.45, 7) is 6.84. The van der Waals surface area contributed by atoms with E-state index in [9.17, 15) is 0 Å². The number of benzene rings is 2. The van der Waals surface area contributed by atoms with Crippen molar-refractivity contribution in [1.29, 1.82) is 0 Å². The number of rotatable bonds is 7. The van der Waals surface area contributed by atoms with Crippen molar-refractivity contribution in [2.45, 2.75) is 32.6 Å². The normalized spacial score (nSPS) is 10.6. The van der Waals surface area contributed by atoms with Crippen molar-refractivity contribution in [3.8, 4) is 5.75 Å². The van der Waals surface area contributed by atoms with Crippen LogP contribution in [0.4, 0.5) is 0 Å². The highest BCUT2D eigenvalue weighted by Gasteiger charge is 1.98. The monoisotopic (exact) mass is 254 g/mol. The molecule has 0 N–H and O–H groups in total. The molecule has 0 unspecified atom stereocenters. The van der Waals surface area contributed by atoms with Gasteiger partial charge in [-0.2, -0.15) is 0 Å². The summed E-state index contributed by atoms with van der Waals surface area (Å²) in [6, 6.07) is 12.6. The molecule has 2 aromatic carbocycles. The zero-order chi connectivity index (χ0) is 13.5. The number of fused-ring (bicyclic) bond motifs is 1. The van der Waals surface area contributed by atoms with Crippen LogP contribution in [0.1, 0.15) is 38.2 Å². The number of ether oxygens (including phenoxy) is 1. The van der Waals surface area contributed by atoms with Crippen LogP contribution >= 0.6 is 0 Å². The first-order valence-electron chi connectivity index (χ1n) is 7.12. The lowest BCUT2D eigenvalue weighted by atomic mass is 10.1. The van der Waals surface area contributed by atoms with Crippen molar-refractivity contribution in [2.24, 2.45) is 0 Å². The highest BCUT2D eigenvalue weighted by atomic mass is 16.5. The second kappa shape index (κ2) is 6.98. The van der Waals surface area contributed by atoms with E-state index < -0.39 is 0 Å². The van der Waals surface area contributed by atoms with Crippen molar-refractivity contribution in [1.82, 2.24) is 0 Å². The van der Waals surface area contributed by atoms with Crippen LogP contribution in [0.3, 0.4) is 0 Å². The molecule has 0 aliphatic carbocycles. The van der Waals surface area contributed by atoms with Gasteiger partial charge in [0.25, 0.3) is 0 Å². The zero-order valence-corrected chi connectivity index (χ0v) is 11.7. The van der Waals surface area contributed by atoms with Gasteiger partial charge in [-0.1, -0.05) is 57.0 Å². The molecule has 2 aromatic rings. The molecule has 100 valence electrons. The molecule has 0 saturated heterocycles. The smallest absolute Gasteiger partial charge is 0.119 e. The second-order valence-electron chi connectivity index (χ2n) is 4.88. The van der Waals surface area contributed by atoms with Crippen LogP contribution < -0.4 is 4.74 Å². The maximum Gasteiger partial charge on any atom is 0.119 e. The first-order valence-corrected chi connectivity index (χ1v) is 7.12. The van der Waals surface area contributed by atoms with E-state index in [4.69, 9.17) is 4.74 Å². The van der Waals surface area contributed by atoms with E-state index in [2.05, 4.69) is 49.9 Å². The third-order valence-corrected chi connectivity index (χ3v) is 3.34. The van der Waals surface area contributed by atoms with Crippen molar-refractivity contribution in [3.05, 3.63) is 48.5 Å². The molecule has 19 heavy (non-hydrogen) atoms. The van der Waals surface area contributed by atoms with Gasteiger partial charge in [-0.05, 0) is 41.0 Å². The van der Waals surface area contributed by atoms with E-state index in [1.54, 1.807) is 0 Å². The van der Waals surface area contributed by atoms with Gasteiger partial charge in [-0.15, -0.1) is 0 Å². The molecule has 0 fully saturated rings. The van der Waals surface area contributed by atoms with E-state index in [1.165, 1.54) is 30.0 Å². The third kappa shape index (κ3) is 3.85. The summed E-state index contributed by atoms with van der Waals surface area (Å²) in [5.74, 6) is 0.968. The van der Waals surface area contributed by atoms with Crippen LogP contribution in [0, 0.1) is 0 Å². The fourth-order valence-electron chi connectivity index (χ4n) is 2.18. The zero-order valence-electron chi connectivity index (χ0n) is 11.7. The molecule has 0 radical (unpaired) electrons. The molecule has 0 atom stereocenters. The van der Waals surface area contributed by atoms with Gasteiger partial charge in [0.2, 0.25) is 0 Å². The highest BCUT2D eigenvalue weighted by molar-refractivity contribution is 5.85. The molecule has 0 aliphatic rings. The predicted octanol–water partition coefficient (Wildman–Crippen LogP) is 5.44. The lowest BCUT2D eigenvalue weighted by Crippen LogP contribution is -1.97. The summed E-state index contributed by atoms with van der Waals surface area (Å²) in [6.07, 6.45) is 6.83. The van der Waals surface area contributed by atoms with Gasteiger partial charge in [0, 0.05) is 0 Å². The summed E-state index contributed by atoms with van der Waals surface area (Å²) in [7, 11) is 0. The first-order chi connectivity index (χ1) is 9.33. The molecule has 0 aromatic heterocycles. The van der Waals surface area contributed by atoms with Crippen LogP contribution in [0.15, 0.2) is 43.0 Å². The van der Waals surface area contributed by atoms with Crippen LogP contribution in [-0.2, 0) is 0 Å². The maximum absolute atomic E-state index is 5.80. The minimum Gasteiger partial charge on any atom is -0.494 e. The largest absolute Gasteiger partial charge is 0.494 e. The van der Waals surface area contributed by atoms with Crippen molar-refractivity contribution in [3.63, 3.8) is 0 Å². The highest BCUT2D eigenvalue weighted by Crippen LogP contribution is 2.22. The van der Waals surface area contributed by atoms with Crippen molar-refractivity contribution in [2.75, 3.05) is 6.61 Å². The van der Waals surface area contributed by atoms with Gasteiger partial charge in [-0.3, -0.25) is 0 Å². The Morgan fingerprint density at radius 1 is 1.00 bits per heavy atom. The van der Waals surface area contributed by atoms with Crippen LogP contribution in [0.2, 0.25) is 0 Å². The molecule has 1 heteroatoms. The van der Waals surface area contributed by atoms with Crippen LogP contribution in [-0.4, -0.2) is 6.61 Å². The molecule has 0 bridgehead atoms. The summed E-state index contributed by atoms with van der Waals surface area (Å²) in [5, 5.41) is 2.45. The fraction of sp³-hybridized carbons (Fsp3) is 0.333. The quantitative estimate of drug-likeness (QED) is 0.598. The maximum atomic E-state index is 5.80. The van der Waals surface area contributed by atoms with Gasteiger partial charge < -0.3 is 4.74 Å². The Hall–Kier alpha value is -1.76. The Morgan fingerprint density at radius 3 is 2.58 bits per heavy atom. The molecule has 0 spiro atoms. The molecule has 0 saturated carbocycles. The first kappa shape index (κ1) is 13.7. The molecule has 0 heterocycles. The Balaban J connectivity index is 1.99. The SMILES string of the molecule is C=Cc1ccc2cc(OCCCCCC)ccc2c1. The lowest BCUT2D eigenvalue weighted by molar-refractivity contribution is 0.305. The van der Waals surface area contributed by atoms with Crippen molar-refractivity contribution < 1.29 is 4.74 Å². The van der Waals surface area contributed by atoms with Gasteiger partial charge in [0.1, 0.15) is 5.75 Å². The molecular formula is C18H22O. The predicted molar refractivity (Wildman–Crippen MR) is 83.7 cm³/mol. The van der Waals surface area contributed by atoms with E-state index in [-0.39, 0.29) is 0 Å². The molecule has 1 nitrogen and oxygen atoms in total. The summed E-state index contributed by atoms with van der Waals surface area (Å²) in [4.78, 5) is 0. The van der Waals surface area contributed by atoms with E-state index in [0.717, 1.165) is 24.3 Å². The van der Waals surface area contributed by atoms with Crippen molar-refractivity contribution >= 4 is 16.8 Å². The van der Waals surface area contributed by atoms with E-state index in [0.29, 0.717) is 0 Å². The minimum absolute atomic E-state index is 0.816. The lowest BCUT2D eigenvalue weighted by Gasteiger charge is -2.07. The average Bonchev–Trinajstić information content (AvgIpc) is 2.46. The summed E-state index contributed by atoms with van der Waals surface area (Å²) >= 11 is 0. The number of hydrogen-bond donors (Lipinski definition) is 0. The Bertz CT molecular complexity index is 542. The van der Waals surface area contributed by atoms with Gasteiger partial charge in [0.15, 0.2) is 0 Å².